The Labute approximate surface area is 103 Å². The van der Waals surface area contributed by atoms with Crippen LogP contribution < -0.4 is 5.73 Å². The lowest BCUT2D eigenvalue weighted by Crippen LogP contribution is -2.57. The van der Waals surface area contributed by atoms with Crippen LogP contribution in [-0.4, -0.2) is 29.0 Å². The maximum atomic E-state index is 12.6. The minimum absolute atomic E-state index is 0.0123. The van der Waals surface area contributed by atoms with Gasteiger partial charge in [0.05, 0.1) is 5.92 Å². The number of hydrogen-bond acceptors (Lipinski definition) is 3. The fourth-order valence-corrected chi connectivity index (χ4v) is 3.36. The minimum Gasteiger partial charge on any atom is -0.327 e. The van der Waals surface area contributed by atoms with E-state index in [1.54, 1.807) is 0 Å². The number of likely N-dealkylation sites (tertiary alicyclic amines) is 1. The van der Waals surface area contributed by atoms with Crippen LogP contribution in [0.25, 0.3) is 0 Å². The maximum Gasteiger partial charge on any atom is 0.333 e. The van der Waals surface area contributed by atoms with E-state index in [-0.39, 0.29) is 28.4 Å². The average molecular weight is 236 g/mol. The molecular formula is C13H22N3O+. The third kappa shape index (κ3) is 1.98. The summed E-state index contributed by atoms with van der Waals surface area (Å²) < 4.78 is 0.0123. The molecule has 1 aliphatic heterocycles. The van der Waals surface area contributed by atoms with Crippen LogP contribution in [0.2, 0.25) is 0 Å². The van der Waals surface area contributed by atoms with Crippen LogP contribution >= 0.6 is 0 Å². The molecule has 0 bridgehead atoms. The molecule has 1 saturated carbocycles. The van der Waals surface area contributed by atoms with Crippen molar-refractivity contribution in [3.8, 4) is 6.19 Å². The van der Waals surface area contributed by atoms with Crippen molar-refractivity contribution in [2.24, 2.45) is 11.7 Å². The highest BCUT2D eigenvalue weighted by Gasteiger charge is 2.51. The summed E-state index contributed by atoms with van der Waals surface area (Å²) in [7, 11) is 0. The molecule has 1 saturated heterocycles. The van der Waals surface area contributed by atoms with Crippen LogP contribution in [0.4, 0.5) is 0 Å². The van der Waals surface area contributed by atoms with Crippen molar-refractivity contribution in [3.63, 3.8) is 0 Å². The highest BCUT2D eigenvalue weighted by molar-refractivity contribution is 5.74. The summed E-state index contributed by atoms with van der Waals surface area (Å²) in [5.41, 5.74) is 6.07. The van der Waals surface area contributed by atoms with E-state index < -0.39 is 0 Å². The number of nitriles is 1. The average Bonchev–Trinajstić information content (AvgIpc) is 2.71. The molecule has 0 aromatic rings. The smallest absolute Gasteiger partial charge is 0.327 e. The number of carbonyl (C=O) groups excluding carboxylic acids is 1. The Bertz CT molecular complexity index is 349. The first-order valence-electron chi connectivity index (χ1n) is 6.71. The Morgan fingerprint density at radius 3 is 2.53 bits per heavy atom. The van der Waals surface area contributed by atoms with Gasteiger partial charge in [0, 0.05) is 18.9 Å². The van der Waals surface area contributed by atoms with E-state index in [4.69, 9.17) is 5.73 Å². The van der Waals surface area contributed by atoms with E-state index >= 15 is 0 Å². The van der Waals surface area contributed by atoms with Gasteiger partial charge in [0.2, 0.25) is 0 Å². The van der Waals surface area contributed by atoms with Gasteiger partial charge in [-0.3, -0.25) is 0 Å². The Kier molecular flexibility index (Phi) is 3.50. The molecule has 4 atom stereocenters. The number of carbonyl (C=O) groups is 1. The largest absolute Gasteiger partial charge is 0.333 e. The number of hydrogen-bond donors (Lipinski definition) is 1. The zero-order valence-electron chi connectivity index (χ0n) is 10.6. The van der Waals surface area contributed by atoms with E-state index in [0.29, 0.717) is 6.54 Å². The van der Waals surface area contributed by atoms with Gasteiger partial charge >= 0.3 is 12.1 Å². The summed E-state index contributed by atoms with van der Waals surface area (Å²) in [4.78, 5) is 12.6. The van der Waals surface area contributed by atoms with Gasteiger partial charge in [-0.05, 0) is 19.8 Å². The molecule has 17 heavy (non-hydrogen) atoms. The Balaban J connectivity index is 2.20. The summed E-state index contributed by atoms with van der Waals surface area (Å²) in [6.45, 7) is 2.70. The molecule has 0 aromatic heterocycles. The molecule has 0 aromatic carbocycles. The fourth-order valence-electron chi connectivity index (χ4n) is 3.36. The SMILES string of the molecule is C[C@@H]1CCC[N+]1(C#N)C(=O)[C@@H]1CCCC[C@H]1N. The molecule has 1 unspecified atom stereocenters. The van der Waals surface area contributed by atoms with E-state index in [1.807, 2.05) is 6.92 Å². The highest BCUT2D eigenvalue weighted by Crippen LogP contribution is 2.33. The molecule has 4 heteroatoms. The lowest BCUT2D eigenvalue weighted by atomic mass is 9.83. The highest BCUT2D eigenvalue weighted by atomic mass is 16.2. The normalized spacial score (nSPS) is 42.1. The summed E-state index contributed by atoms with van der Waals surface area (Å²) in [5, 5.41) is 9.43. The van der Waals surface area contributed by atoms with Gasteiger partial charge in [-0.25, -0.2) is 4.79 Å². The quantitative estimate of drug-likeness (QED) is 0.554. The van der Waals surface area contributed by atoms with Crippen LogP contribution in [0.3, 0.4) is 0 Å². The van der Waals surface area contributed by atoms with E-state index in [2.05, 4.69) is 6.19 Å². The molecule has 0 radical (unpaired) electrons. The van der Waals surface area contributed by atoms with Crippen LogP contribution in [0.1, 0.15) is 45.4 Å². The third-order valence-electron chi connectivity index (χ3n) is 4.59. The number of quaternary nitrogens is 1. The molecule has 2 rings (SSSR count). The van der Waals surface area contributed by atoms with Gasteiger partial charge < -0.3 is 5.73 Å². The zero-order chi connectivity index (χ0) is 12.5. The van der Waals surface area contributed by atoms with Crippen molar-refractivity contribution in [3.05, 3.63) is 0 Å². The number of nitrogens with two attached hydrogens (primary N) is 1. The molecule has 2 fully saturated rings. The van der Waals surface area contributed by atoms with Crippen LogP contribution in [0.15, 0.2) is 0 Å². The maximum absolute atomic E-state index is 12.6. The van der Waals surface area contributed by atoms with Crippen molar-refractivity contribution >= 4 is 5.91 Å². The first-order valence-corrected chi connectivity index (χ1v) is 6.71. The zero-order valence-corrected chi connectivity index (χ0v) is 10.6. The molecule has 1 amide bonds. The Hall–Kier alpha value is -0.920. The van der Waals surface area contributed by atoms with Gasteiger partial charge in [-0.2, -0.15) is 4.48 Å². The molecule has 94 valence electrons. The second-order valence-electron chi connectivity index (χ2n) is 5.58. The molecule has 0 spiro atoms. The predicted octanol–water partition coefficient (Wildman–Crippen LogP) is 1.51. The van der Waals surface area contributed by atoms with Gasteiger partial charge in [-0.15, -0.1) is 5.26 Å². The summed E-state index contributed by atoms with van der Waals surface area (Å²) in [6.07, 6.45) is 8.21. The standard InChI is InChI=1S/C13H22N3O/c1-10-5-4-8-16(10,9-14)13(17)11-6-2-3-7-12(11)15/h10-12H,2-8,15H2,1H3/q+1/t10-,11-,12-,16?/m1/s1. The Morgan fingerprint density at radius 2 is 2.00 bits per heavy atom. The Morgan fingerprint density at radius 1 is 1.29 bits per heavy atom. The van der Waals surface area contributed by atoms with Crippen molar-refractivity contribution in [2.75, 3.05) is 6.54 Å². The van der Waals surface area contributed by atoms with Gasteiger partial charge in [0.15, 0.2) is 0 Å². The van der Waals surface area contributed by atoms with Gasteiger partial charge in [0.1, 0.15) is 12.6 Å². The summed E-state index contributed by atoms with van der Waals surface area (Å²) in [6, 6.07) is 0.106. The second-order valence-corrected chi connectivity index (χ2v) is 5.58. The lowest BCUT2D eigenvalue weighted by Gasteiger charge is -2.34. The second kappa shape index (κ2) is 4.75. The number of rotatable bonds is 1. The monoisotopic (exact) mass is 236 g/mol. The van der Waals surface area contributed by atoms with E-state index in [9.17, 15) is 10.1 Å². The van der Waals surface area contributed by atoms with Crippen LogP contribution in [-0.2, 0) is 4.79 Å². The molecule has 2 aliphatic rings. The van der Waals surface area contributed by atoms with Crippen LogP contribution in [0.5, 0.6) is 0 Å². The molecular weight excluding hydrogens is 214 g/mol. The molecule has 4 nitrogen and oxygen atoms in total. The molecule has 2 N–H and O–H groups in total. The van der Waals surface area contributed by atoms with E-state index in [1.165, 1.54) is 0 Å². The third-order valence-corrected chi connectivity index (χ3v) is 4.59. The fraction of sp³-hybridized carbons (Fsp3) is 0.846. The van der Waals surface area contributed by atoms with Crippen LogP contribution in [0, 0.1) is 17.4 Å². The van der Waals surface area contributed by atoms with Crippen molar-refractivity contribution in [2.45, 2.75) is 57.5 Å². The van der Waals surface area contributed by atoms with Crippen molar-refractivity contribution in [1.29, 1.82) is 5.26 Å². The topological polar surface area (TPSA) is 66.9 Å². The first kappa shape index (κ1) is 12.5. The lowest BCUT2D eigenvalue weighted by molar-refractivity contribution is -0.801. The first-order chi connectivity index (χ1) is 8.12. The molecule has 1 aliphatic carbocycles. The van der Waals surface area contributed by atoms with E-state index in [0.717, 1.165) is 38.5 Å². The van der Waals surface area contributed by atoms with Crippen molar-refractivity contribution < 1.29 is 9.28 Å². The number of amides is 1. The van der Waals surface area contributed by atoms with Gasteiger partial charge in [0.25, 0.3) is 0 Å². The summed E-state index contributed by atoms with van der Waals surface area (Å²) >= 11 is 0. The predicted molar refractivity (Wildman–Crippen MR) is 64.4 cm³/mol. The summed E-state index contributed by atoms with van der Waals surface area (Å²) in [5.74, 6) is -0.00588. The minimum atomic E-state index is -0.0936. The molecule has 1 heterocycles. The van der Waals surface area contributed by atoms with Crippen molar-refractivity contribution in [1.82, 2.24) is 0 Å². The number of nitrogens with zero attached hydrogens (tertiary/aromatic N) is 2. The van der Waals surface area contributed by atoms with Gasteiger partial charge in [-0.1, -0.05) is 12.8 Å².